The van der Waals surface area contributed by atoms with Gasteiger partial charge in [0.05, 0.1) is 5.69 Å². The van der Waals surface area contributed by atoms with Crippen LogP contribution in [-0.4, -0.2) is 16.5 Å². The molecule has 1 N–H and O–H groups in total. The predicted octanol–water partition coefficient (Wildman–Crippen LogP) is 3.96. The van der Waals surface area contributed by atoms with Crippen molar-refractivity contribution in [2.75, 3.05) is 11.9 Å². The molecule has 2 aromatic rings. The van der Waals surface area contributed by atoms with Gasteiger partial charge in [-0.15, -0.1) is 0 Å². The molecule has 0 aliphatic rings. The van der Waals surface area contributed by atoms with Gasteiger partial charge in [-0.2, -0.15) is 0 Å². The third kappa shape index (κ3) is 3.71. The topological polar surface area (TPSA) is 37.8 Å². The van der Waals surface area contributed by atoms with Gasteiger partial charge >= 0.3 is 0 Å². The Hall–Kier alpha value is -1.07. The minimum absolute atomic E-state index is 0.814. The monoisotopic (exact) mass is 323 g/mol. The molecule has 94 valence electrons. The van der Waals surface area contributed by atoms with E-state index in [1.165, 1.54) is 0 Å². The van der Waals surface area contributed by atoms with Gasteiger partial charge in [-0.1, -0.05) is 11.8 Å². The Morgan fingerprint density at radius 1 is 1.28 bits per heavy atom. The van der Waals surface area contributed by atoms with Crippen molar-refractivity contribution in [1.82, 2.24) is 9.97 Å². The lowest BCUT2D eigenvalue weighted by molar-refractivity contribution is 1.10. The van der Waals surface area contributed by atoms with E-state index in [1.54, 1.807) is 18.0 Å². The highest BCUT2D eigenvalue weighted by molar-refractivity contribution is 9.10. The van der Waals surface area contributed by atoms with Gasteiger partial charge in [0.2, 0.25) is 0 Å². The lowest BCUT2D eigenvalue weighted by atomic mass is 10.3. The number of nitrogens with zero attached hydrogens (tertiary/aromatic N) is 2. The fourth-order valence-corrected chi connectivity index (χ4v) is 2.87. The fourth-order valence-electron chi connectivity index (χ4n) is 1.49. The number of rotatable bonds is 5. The predicted molar refractivity (Wildman–Crippen MR) is 79.9 cm³/mol. The number of aromatic nitrogens is 2. The number of hydrogen-bond acceptors (Lipinski definition) is 4. The van der Waals surface area contributed by atoms with E-state index in [2.05, 4.69) is 44.2 Å². The molecule has 0 fully saturated rings. The molecule has 18 heavy (non-hydrogen) atoms. The lowest BCUT2D eigenvalue weighted by Crippen LogP contribution is -1.98. The summed E-state index contributed by atoms with van der Waals surface area (Å²) in [5, 5.41) is 4.28. The Balaban J connectivity index is 2.02. The van der Waals surface area contributed by atoms with Crippen LogP contribution in [0.2, 0.25) is 0 Å². The Labute approximate surface area is 120 Å². The first-order valence-corrected chi connectivity index (χ1v) is 7.49. The SMILES string of the molecule is CCNc1ccnc(CSc2ncccc2Br)c1. The summed E-state index contributed by atoms with van der Waals surface area (Å²) in [5.41, 5.74) is 2.17. The van der Waals surface area contributed by atoms with Crippen LogP contribution in [0.25, 0.3) is 0 Å². The molecule has 2 heterocycles. The van der Waals surface area contributed by atoms with Gasteiger partial charge in [-0.05, 0) is 47.1 Å². The number of halogens is 1. The van der Waals surface area contributed by atoms with Gasteiger partial charge in [0, 0.05) is 34.9 Å². The second-order valence-electron chi connectivity index (χ2n) is 3.65. The second kappa shape index (κ2) is 6.75. The molecule has 0 unspecified atom stereocenters. The molecule has 0 spiro atoms. The maximum Gasteiger partial charge on any atom is 0.111 e. The Morgan fingerprint density at radius 2 is 2.17 bits per heavy atom. The molecule has 0 amide bonds. The van der Waals surface area contributed by atoms with Crippen LogP contribution in [0.15, 0.2) is 46.2 Å². The highest BCUT2D eigenvalue weighted by atomic mass is 79.9. The maximum absolute atomic E-state index is 4.36. The minimum Gasteiger partial charge on any atom is -0.385 e. The summed E-state index contributed by atoms with van der Waals surface area (Å²) in [6, 6.07) is 7.97. The van der Waals surface area contributed by atoms with Crippen molar-refractivity contribution in [3.63, 3.8) is 0 Å². The van der Waals surface area contributed by atoms with Crippen LogP contribution in [0, 0.1) is 0 Å². The quantitative estimate of drug-likeness (QED) is 0.845. The molecule has 0 atom stereocenters. The number of nitrogens with one attached hydrogen (secondary N) is 1. The summed E-state index contributed by atoms with van der Waals surface area (Å²) in [6.07, 6.45) is 3.64. The summed E-state index contributed by atoms with van der Waals surface area (Å²) in [5.74, 6) is 0.814. The van der Waals surface area contributed by atoms with Gasteiger partial charge in [-0.25, -0.2) is 4.98 Å². The molecule has 5 heteroatoms. The Kier molecular flexibility index (Phi) is 5.01. The number of thioether (sulfide) groups is 1. The molecule has 0 saturated heterocycles. The van der Waals surface area contributed by atoms with E-state index >= 15 is 0 Å². The highest BCUT2D eigenvalue weighted by Crippen LogP contribution is 2.27. The molecular formula is C13H14BrN3S. The summed E-state index contributed by atoms with van der Waals surface area (Å²) < 4.78 is 1.03. The standard InChI is InChI=1S/C13H14BrN3S/c1-2-15-10-5-7-16-11(8-10)9-18-13-12(14)4-3-6-17-13/h3-8H,2,9H2,1H3,(H,15,16). The van der Waals surface area contributed by atoms with Crippen LogP contribution in [-0.2, 0) is 5.75 Å². The minimum atomic E-state index is 0.814. The highest BCUT2D eigenvalue weighted by Gasteiger charge is 2.03. The van der Waals surface area contributed by atoms with E-state index in [0.29, 0.717) is 0 Å². The third-order valence-electron chi connectivity index (χ3n) is 2.28. The molecular weight excluding hydrogens is 310 g/mol. The zero-order valence-corrected chi connectivity index (χ0v) is 12.5. The first-order valence-electron chi connectivity index (χ1n) is 5.71. The third-order valence-corrected chi connectivity index (χ3v) is 4.22. The van der Waals surface area contributed by atoms with Crippen LogP contribution >= 0.6 is 27.7 Å². The normalized spacial score (nSPS) is 10.3. The van der Waals surface area contributed by atoms with E-state index < -0.39 is 0 Å². The second-order valence-corrected chi connectivity index (χ2v) is 5.46. The summed E-state index contributed by atoms with van der Waals surface area (Å²) in [6.45, 7) is 3.00. The van der Waals surface area contributed by atoms with Crippen molar-refractivity contribution in [3.05, 3.63) is 46.8 Å². The lowest BCUT2D eigenvalue weighted by Gasteiger charge is -2.06. The fraction of sp³-hybridized carbons (Fsp3) is 0.231. The summed E-state index contributed by atoms with van der Waals surface area (Å²) in [4.78, 5) is 8.69. The molecule has 0 saturated carbocycles. The van der Waals surface area contributed by atoms with Gasteiger partial charge in [0.25, 0.3) is 0 Å². The van der Waals surface area contributed by atoms with Crippen LogP contribution in [0.3, 0.4) is 0 Å². The Morgan fingerprint density at radius 3 is 2.94 bits per heavy atom. The summed E-state index contributed by atoms with van der Waals surface area (Å²) >= 11 is 5.17. The van der Waals surface area contributed by atoms with Crippen LogP contribution < -0.4 is 5.32 Å². The molecule has 0 aliphatic carbocycles. The first kappa shape index (κ1) is 13.4. The average Bonchev–Trinajstić information content (AvgIpc) is 2.39. The zero-order chi connectivity index (χ0) is 12.8. The Bertz CT molecular complexity index is 519. The molecule has 0 radical (unpaired) electrons. The van der Waals surface area contributed by atoms with Crippen molar-refractivity contribution in [3.8, 4) is 0 Å². The van der Waals surface area contributed by atoms with Crippen molar-refractivity contribution >= 4 is 33.4 Å². The zero-order valence-electron chi connectivity index (χ0n) is 10.1. The van der Waals surface area contributed by atoms with Crippen molar-refractivity contribution < 1.29 is 0 Å². The van der Waals surface area contributed by atoms with E-state index in [0.717, 1.165) is 33.2 Å². The number of hydrogen-bond donors (Lipinski definition) is 1. The largest absolute Gasteiger partial charge is 0.385 e. The molecule has 2 aromatic heterocycles. The number of pyridine rings is 2. The van der Waals surface area contributed by atoms with Gasteiger partial charge in [0.15, 0.2) is 0 Å². The van der Waals surface area contributed by atoms with Crippen molar-refractivity contribution in [2.45, 2.75) is 17.7 Å². The maximum atomic E-state index is 4.36. The smallest absolute Gasteiger partial charge is 0.111 e. The van der Waals surface area contributed by atoms with Crippen molar-refractivity contribution in [1.29, 1.82) is 0 Å². The molecule has 3 nitrogen and oxygen atoms in total. The molecule has 0 aliphatic heterocycles. The van der Waals surface area contributed by atoms with E-state index in [1.807, 2.05) is 24.4 Å². The average molecular weight is 324 g/mol. The first-order chi connectivity index (χ1) is 8.79. The molecule has 0 bridgehead atoms. The van der Waals surface area contributed by atoms with E-state index in [-0.39, 0.29) is 0 Å². The van der Waals surface area contributed by atoms with E-state index in [4.69, 9.17) is 0 Å². The van der Waals surface area contributed by atoms with Crippen LogP contribution in [0.5, 0.6) is 0 Å². The van der Waals surface area contributed by atoms with Crippen LogP contribution in [0.1, 0.15) is 12.6 Å². The van der Waals surface area contributed by atoms with E-state index in [9.17, 15) is 0 Å². The molecule has 0 aromatic carbocycles. The number of anilines is 1. The van der Waals surface area contributed by atoms with Crippen molar-refractivity contribution in [2.24, 2.45) is 0 Å². The molecule has 2 rings (SSSR count). The van der Waals surface area contributed by atoms with Gasteiger partial charge in [-0.3, -0.25) is 4.98 Å². The van der Waals surface area contributed by atoms with Gasteiger partial charge < -0.3 is 5.32 Å². The van der Waals surface area contributed by atoms with Crippen LogP contribution in [0.4, 0.5) is 5.69 Å². The van der Waals surface area contributed by atoms with Gasteiger partial charge in [0.1, 0.15) is 5.03 Å². The summed E-state index contributed by atoms with van der Waals surface area (Å²) in [7, 11) is 0.